The van der Waals surface area contributed by atoms with Gasteiger partial charge in [-0.25, -0.2) is 23.8 Å². The number of aliphatic hydroxyl groups excluding tert-OH is 1. The zero-order valence-electron chi connectivity index (χ0n) is 25.9. The van der Waals surface area contributed by atoms with Gasteiger partial charge in [0, 0.05) is 6.61 Å². The van der Waals surface area contributed by atoms with Crippen molar-refractivity contribution in [3.63, 3.8) is 0 Å². The number of imidazole rings is 1. The van der Waals surface area contributed by atoms with Gasteiger partial charge < -0.3 is 34.7 Å². The number of aromatic nitrogens is 4. The van der Waals surface area contributed by atoms with Gasteiger partial charge in [0.2, 0.25) is 0 Å². The van der Waals surface area contributed by atoms with Gasteiger partial charge in [0.25, 0.3) is 0 Å². The number of anilines is 1. The van der Waals surface area contributed by atoms with Gasteiger partial charge in [-0.3, -0.25) is 9.09 Å². The highest BCUT2D eigenvalue weighted by Gasteiger charge is 2.34. The highest BCUT2D eigenvalue weighted by Crippen LogP contribution is 2.59. The molecular weight excluding hydrogens is 612 g/mol. The third-order valence-corrected chi connectivity index (χ3v) is 9.70. The first kappa shape index (κ1) is 38.5. The lowest BCUT2D eigenvalue weighted by Gasteiger charge is -2.20. The van der Waals surface area contributed by atoms with Crippen LogP contribution >= 0.6 is 15.4 Å². The minimum atomic E-state index is -4.85. The number of rotatable bonds is 27. The Hall–Kier alpha value is -1.73. The maximum absolute atomic E-state index is 12.3. The molecule has 2 aromatic heterocycles. The molecule has 0 aliphatic carbocycles. The van der Waals surface area contributed by atoms with Crippen molar-refractivity contribution in [3.8, 4) is 0 Å². The van der Waals surface area contributed by atoms with E-state index in [-0.39, 0.29) is 25.6 Å². The van der Waals surface area contributed by atoms with Crippen molar-refractivity contribution in [2.24, 2.45) is 0 Å². The molecule has 0 aromatic carbocycles. The highest BCUT2D eigenvalue weighted by atomic mass is 31.3. The van der Waals surface area contributed by atoms with Crippen molar-refractivity contribution in [2.75, 3.05) is 38.5 Å². The molecule has 0 saturated carbocycles. The smallest absolute Gasteiger partial charge is 0.394 e. The average molecular weight is 664 g/mol. The number of nitrogens with two attached hydrogens (primary N) is 1. The van der Waals surface area contributed by atoms with Crippen molar-refractivity contribution >= 4 is 32.4 Å². The van der Waals surface area contributed by atoms with E-state index in [4.69, 9.17) is 19.7 Å². The van der Waals surface area contributed by atoms with E-state index in [1.54, 1.807) is 0 Å². The molecule has 3 atom stereocenters. The maximum Gasteiger partial charge on any atom is 0.479 e. The lowest BCUT2D eigenvalue weighted by atomic mass is 10.0. The Morgan fingerprint density at radius 3 is 2.18 bits per heavy atom. The molecule has 0 amide bonds. The molecular formula is C28H51N5O9P2. The van der Waals surface area contributed by atoms with Crippen molar-refractivity contribution in [1.29, 1.82) is 0 Å². The molecule has 44 heavy (non-hydrogen) atoms. The predicted molar refractivity (Wildman–Crippen MR) is 169 cm³/mol. The fraction of sp³-hybridized carbons (Fsp3) is 0.750. The van der Waals surface area contributed by atoms with E-state index in [9.17, 15) is 24.0 Å². The fourth-order valence-electron chi connectivity index (χ4n) is 4.54. The van der Waals surface area contributed by atoms with E-state index < -0.39 is 34.5 Å². The van der Waals surface area contributed by atoms with Crippen LogP contribution < -0.4 is 5.73 Å². The van der Waals surface area contributed by atoms with Crippen LogP contribution in [0.5, 0.6) is 0 Å². The minimum Gasteiger partial charge on any atom is -0.394 e. The molecule has 0 fully saturated rings. The summed E-state index contributed by atoms with van der Waals surface area (Å²) in [5.41, 5.74) is 6.50. The molecule has 2 aromatic rings. The third kappa shape index (κ3) is 16.5. The lowest BCUT2D eigenvalue weighted by Crippen LogP contribution is -2.24. The van der Waals surface area contributed by atoms with Gasteiger partial charge in [0.05, 0.1) is 38.8 Å². The van der Waals surface area contributed by atoms with Crippen LogP contribution in [0.4, 0.5) is 5.82 Å². The summed E-state index contributed by atoms with van der Waals surface area (Å²) in [5.74, 6) is 0.177. The minimum absolute atomic E-state index is 0.00595. The second-order valence-electron chi connectivity index (χ2n) is 10.7. The Balaban J connectivity index is 1.48. The fourth-order valence-corrected chi connectivity index (χ4v) is 6.91. The monoisotopic (exact) mass is 663 g/mol. The number of ether oxygens (including phenoxy) is 2. The molecule has 0 saturated heterocycles. The summed E-state index contributed by atoms with van der Waals surface area (Å²) in [4.78, 5) is 31.9. The molecule has 0 aliphatic rings. The Morgan fingerprint density at radius 1 is 0.909 bits per heavy atom. The summed E-state index contributed by atoms with van der Waals surface area (Å²) in [6.07, 6.45) is 21.1. The van der Waals surface area contributed by atoms with Crippen molar-refractivity contribution in [3.05, 3.63) is 24.8 Å². The zero-order chi connectivity index (χ0) is 32.1. The third-order valence-electron chi connectivity index (χ3n) is 6.86. The number of phosphoric acid groups is 1. The summed E-state index contributed by atoms with van der Waals surface area (Å²) < 4.78 is 45.9. The van der Waals surface area contributed by atoms with Gasteiger partial charge in [0.1, 0.15) is 18.2 Å². The van der Waals surface area contributed by atoms with Crippen LogP contribution in [0, 0.1) is 0 Å². The second-order valence-corrected chi connectivity index (χ2v) is 14.0. The molecule has 0 aliphatic heterocycles. The summed E-state index contributed by atoms with van der Waals surface area (Å²) in [6.45, 7) is 1.79. The molecule has 2 rings (SSSR count). The second kappa shape index (κ2) is 21.9. The summed E-state index contributed by atoms with van der Waals surface area (Å²) in [6, 6.07) is 0. The number of unbranched alkanes of at least 4 members (excludes halogenated alkanes) is 12. The largest absolute Gasteiger partial charge is 0.479 e. The van der Waals surface area contributed by atoms with Crippen LogP contribution in [0.2, 0.25) is 0 Å². The van der Waals surface area contributed by atoms with E-state index in [0.29, 0.717) is 17.8 Å². The normalized spacial score (nSPS) is 15.5. The van der Waals surface area contributed by atoms with Crippen LogP contribution in [0.25, 0.3) is 11.2 Å². The Morgan fingerprint density at radius 2 is 1.55 bits per heavy atom. The molecule has 16 heteroatoms. The maximum atomic E-state index is 12.3. The number of fused-ring (bicyclic) bond motifs is 1. The van der Waals surface area contributed by atoms with Crippen molar-refractivity contribution in [2.45, 2.75) is 103 Å². The van der Waals surface area contributed by atoms with Crippen molar-refractivity contribution in [1.82, 2.24) is 19.5 Å². The van der Waals surface area contributed by atoms with Crippen LogP contribution in [-0.4, -0.2) is 73.3 Å². The molecule has 0 bridgehead atoms. The number of allylic oxidation sites excluding steroid dienone is 2. The predicted octanol–water partition coefficient (Wildman–Crippen LogP) is 5.73. The standard InChI is InChI=1S/C28H51N5O9P2/c1-2-3-4-5-6-7-8-9-10-11-12-13-14-15-16-17-39-18-19-41-44(37,38)42-43(35,36)24-40-25(21-34)20-33-23-32-26-27(29)30-22-31-28(26)33/h2-3,22-23,25,34H,4-21,24H2,1H3,(H,35,36)(H,37,38)(H2,29,30,31)/t25-/m0/s1. The average Bonchev–Trinajstić information content (AvgIpc) is 3.39. The van der Waals surface area contributed by atoms with E-state index in [2.05, 4.69) is 38.3 Å². The van der Waals surface area contributed by atoms with Gasteiger partial charge in [-0.1, -0.05) is 76.4 Å². The molecule has 252 valence electrons. The molecule has 5 N–H and O–H groups in total. The van der Waals surface area contributed by atoms with E-state index >= 15 is 0 Å². The van der Waals surface area contributed by atoms with Crippen LogP contribution in [0.1, 0.15) is 90.4 Å². The van der Waals surface area contributed by atoms with Gasteiger partial charge in [-0.05, 0) is 26.2 Å². The molecule has 0 radical (unpaired) electrons. The first-order valence-electron chi connectivity index (χ1n) is 15.5. The Bertz CT molecular complexity index is 1180. The summed E-state index contributed by atoms with van der Waals surface area (Å²) >= 11 is 0. The highest BCUT2D eigenvalue weighted by molar-refractivity contribution is 7.63. The lowest BCUT2D eigenvalue weighted by molar-refractivity contribution is 0.0196. The first-order chi connectivity index (χ1) is 21.2. The number of aliphatic hydroxyl groups is 1. The van der Waals surface area contributed by atoms with E-state index in [1.807, 2.05) is 0 Å². The Kier molecular flexibility index (Phi) is 19.1. The SMILES string of the molecule is CC=CCCCCCCCCCCCCCCOCCOP(=O)(O)OP(=O)(O)CO[C@H](CO)Cn1cnc2c(N)ncnc21. The number of hydrogen-bond donors (Lipinski definition) is 4. The topological polar surface area (TPSA) is 201 Å². The van der Waals surface area contributed by atoms with E-state index in [0.717, 1.165) is 19.3 Å². The van der Waals surface area contributed by atoms with Crippen LogP contribution in [0.3, 0.4) is 0 Å². The van der Waals surface area contributed by atoms with E-state index in [1.165, 1.54) is 81.4 Å². The van der Waals surface area contributed by atoms with Gasteiger partial charge in [-0.15, -0.1) is 0 Å². The van der Waals surface area contributed by atoms with Gasteiger partial charge in [-0.2, -0.15) is 0 Å². The zero-order valence-corrected chi connectivity index (χ0v) is 27.7. The molecule has 14 nitrogen and oxygen atoms in total. The number of phosphoric ester groups is 1. The number of nitrogen functional groups attached to an aromatic ring is 1. The molecule has 0 spiro atoms. The molecule has 2 unspecified atom stereocenters. The first-order valence-corrected chi connectivity index (χ1v) is 18.8. The van der Waals surface area contributed by atoms with Crippen LogP contribution in [0.15, 0.2) is 24.8 Å². The number of hydrogen-bond acceptors (Lipinski definition) is 11. The number of nitrogens with zero attached hydrogens (tertiary/aromatic N) is 4. The van der Waals surface area contributed by atoms with Crippen molar-refractivity contribution < 1.29 is 42.3 Å². The summed E-state index contributed by atoms with van der Waals surface area (Å²) in [7, 11) is -9.56. The quantitative estimate of drug-likeness (QED) is 0.0513. The summed E-state index contributed by atoms with van der Waals surface area (Å²) in [5, 5.41) is 9.63. The van der Waals surface area contributed by atoms with Gasteiger partial charge in [0.15, 0.2) is 11.5 Å². The van der Waals surface area contributed by atoms with Crippen LogP contribution in [-0.2, 0) is 34.0 Å². The Labute approximate surface area is 260 Å². The van der Waals surface area contributed by atoms with Gasteiger partial charge >= 0.3 is 15.4 Å². The molecule has 2 heterocycles.